The van der Waals surface area contributed by atoms with Crippen molar-refractivity contribution in [3.05, 3.63) is 0 Å². The third-order valence-corrected chi connectivity index (χ3v) is 2.44. The first-order chi connectivity index (χ1) is 5.16. The number of hydrogen-bond acceptors (Lipinski definition) is 3. The van der Waals surface area contributed by atoms with Gasteiger partial charge in [0.15, 0.2) is 0 Å². The molecule has 11 heavy (non-hydrogen) atoms. The highest BCUT2D eigenvalue weighted by Crippen LogP contribution is 2.12. The maximum absolute atomic E-state index is 10.1. The Balaban J connectivity index is 3.22. The zero-order chi connectivity index (χ0) is 8.69. The molecule has 0 aromatic heterocycles. The predicted molar refractivity (Wildman–Crippen MR) is 46.0 cm³/mol. The predicted octanol–water partition coefficient (Wildman–Crippen LogP) is 1.23. The summed E-state index contributed by atoms with van der Waals surface area (Å²) in [4.78, 5) is 10.1. The van der Waals surface area contributed by atoms with Crippen molar-refractivity contribution in [2.24, 2.45) is 0 Å². The van der Waals surface area contributed by atoms with Gasteiger partial charge in [-0.3, -0.25) is 4.79 Å². The number of aliphatic carboxylic acids is 1. The highest BCUT2D eigenvalue weighted by molar-refractivity contribution is 8.00. The normalized spacial score (nSPS) is 12.9. The first-order valence-electron chi connectivity index (χ1n) is 3.49. The third-order valence-electron chi connectivity index (χ3n) is 1.22. The maximum atomic E-state index is 10.1. The van der Waals surface area contributed by atoms with Gasteiger partial charge in [-0.15, -0.1) is 11.8 Å². The van der Waals surface area contributed by atoms with E-state index in [1.54, 1.807) is 7.11 Å². The van der Waals surface area contributed by atoms with Crippen LogP contribution in [0.2, 0.25) is 0 Å². The summed E-state index contributed by atoms with van der Waals surface area (Å²) in [7, 11) is 1.65. The van der Waals surface area contributed by atoms with Crippen molar-refractivity contribution in [1.29, 1.82) is 0 Å². The molecule has 0 aromatic rings. The molecule has 0 fully saturated rings. The van der Waals surface area contributed by atoms with Crippen LogP contribution in [-0.4, -0.2) is 35.8 Å². The summed E-state index contributed by atoms with van der Waals surface area (Å²) in [5, 5.41) is 8.70. The van der Waals surface area contributed by atoms with Crippen LogP contribution in [0.25, 0.3) is 0 Å². The van der Waals surface area contributed by atoms with Gasteiger partial charge in [0, 0.05) is 19.0 Å². The first-order valence-corrected chi connectivity index (χ1v) is 4.54. The molecule has 1 N–H and O–H groups in total. The Kier molecular flexibility index (Phi) is 6.36. The van der Waals surface area contributed by atoms with Gasteiger partial charge in [-0.2, -0.15) is 0 Å². The summed E-state index contributed by atoms with van der Waals surface area (Å²) in [5.41, 5.74) is 0. The third kappa shape index (κ3) is 7.68. The quantitative estimate of drug-likeness (QED) is 0.664. The second-order valence-electron chi connectivity index (χ2n) is 2.30. The molecule has 0 aliphatic rings. The second-order valence-corrected chi connectivity index (χ2v) is 3.72. The van der Waals surface area contributed by atoms with Crippen molar-refractivity contribution in [1.82, 2.24) is 0 Å². The van der Waals surface area contributed by atoms with Crippen LogP contribution in [0.5, 0.6) is 0 Å². The lowest BCUT2D eigenvalue weighted by molar-refractivity contribution is -0.133. The molecule has 4 heteroatoms. The summed E-state index contributed by atoms with van der Waals surface area (Å²) in [5.74, 6) is -0.565. The minimum absolute atomic E-state index is 0.185. The van der Waals surface area contributed by atoms with Gasteiger partial charge in [-0.25, -0.2) is 0 Å². The van der Waals surface area contributed by atoms with Crippen molar-refractivity contribution < 1.29 is 14.6 Å². The van der Waals surface area contributed by atoms with E-state index >= 15 is 0 Å². The number of rotatable bonds is 6. The van der Waals surface area contributed by atoms with E-state index in [0.29, 0.717) is 11.9 Å². The lowest BCUT2D eigenvalue weighted by Crippen LogP contribution is -2.06. The van der Waals surface area contributed by atoms with Gasteiger partial charge in [0.25, 0.3) is 0 Å². The van der Waals surface area contributed by atoms with Crippen LogP contribution in [-0.2, 0) is 9.53 Å². The zero-order valence-electron chi connectivity index (χ0n) is 6.87. The summed E-state index contributed by atoms with van der Waals surface area (Å²) < 4.78 is 4.86. The van der Waals surface area contributed by atoms with E-state index in [4.69, 9.17) is 9.84 Å². The minimum Gasteiger partial charge on any atom is -0.481 e. The number of hydrogen-bond donors (Lipinski definition) is 1. The Labute approximate surface area is 71.1 Å². The molecule has 0 aliphatic heterocycles. The average Bonchev–Trinajstić information content (AvgIpc) is 1.97. The number of thioether (sulfide) groups is 1. The number of carbonyl (C=O) groups is 1. The molecule has 0 bridgehead atoms. The molecule has 0 rings (SSSR count). The number of carboxylic acid groups (broad SMARTS) is 1. The van der Waals surface area contributed by atoms with Gasteiger partial charge in [0.2, 0.25) is 0 Å². The van der Waals surface area contributed by atoms with Crippen LogP contribution < -0.4 is 0 Å². The van der Waals surface area contributed by atoms with Crippen LogP contribution in [0.1, 0.15) is 13.3 Å². The summed E-state index contributed by atoms with van der Waals surface area (Å²) in [6.45, 7) is 2.71. The van der Waals surface area contributed by atoms with Crippen molar-refractivity contribution in [3.63, 3.8) is 0 Å². The topological polar surface area (TPSA) is 46.5 Å². The van der Waals surface area contributed by atoms with E-state index in [1.807, 2.05) is 6.92 Å². The highest BCUT2D eigenvalue weighted by Gasteiger charge is 2.04. The molecule has 3 nitrogen and oxygen atoms in total. The Morgan fingerprint density at radius 2 is 2.36 bits per heavy atom. The standard InChI is InChI=1S/C7H14O3S/c1-6(3-4-10-2)11-5-7(8)9/h6H,3-5H2,1-2H3,(H,8,9). The Bertz CT molecular complexity index is 116. The molecule has 1 atom stereocenters. The molecule has 0 amide bonds. The SMILES string of the molecule is COCCC(C)SCC(=O)O. The molecule has 0 saturated heterocycles. The van der Waals surface area contributed by atoms with Crippen molar-refractivity contribution in [2.45, 2.75) is 18.6 Å². The number of carboxylic acids is 1. The summed E-state index contributed by atoms with van der Waals surface area (Å²) >= 11 is 1.44. The van der Waals surface area contributed by atoms with Gasteiger partial charge in [0.05, 0.1) is 5.75 Å². The van der Waals surface area contributed by atoms with Crippen molar-refractivity contribution in [2.75, 3.05) is 19.5 Å². The summed E-state index contributed by atoms with van der Waals surface area (Å²) in [6, 6.07) is 0. The molecule has 0 saturated carbocycles. The maximum Gasteiger partial charge on any atom is 0.313 e. The fourth-order valence-electron chi connectivity index (χ4n) is 0.581. The lowest BCUT2D eigenvalue weighted by Gasteiger charge is -2.07. The minimum atomic E-state index is -0.751. The van der Waals surface area contributed by atoms with Crippen molar-refractivity contribution >= 4 is 17.7 Å². The van der Waals surface area contributed by atoms with E-state index < -0.39 is 5.97 Å². The molecule has 0 aliphatic carbocycles. The van der Waals surface area contributed by atoms with E-state index in [0.717, 1.165) is 6.42 Å². The van der Waals surface area contributed by atoms with Crippen LogP contribution in [0, 0.1) is 0 Å². The fourth-order valence-corrected chi connectivity index (χ4v) is 1.27. The monoisotopic (exact) mass is 178 g/mol. The van der Waals surface area contributed by atoms with Crippen LogP contribution >= 0.6 is 11.8 Å². The molecule has 66 valence electrons. The fraction of sp³-hybridized carbons (Fsp3) is 0.857. The van der Waals surface area contributed by atoms with Gasteiger partial charge in [0.1, 0.15) is 0 Å². The van der Waals surface area contributed by atoms with Gasteiger partial charge < -0.3 is 9.84 Å². The molecular formula is C7H14O3S. The number of methoxy groups -OCH3 is 1. The largest absolute Gasteiger partial charge is 0.481 e. The van der Waals surface area contributed by atoms with E-state index in [1.165, 1.54) is 11.8 Å². The summed E-state index contributed by atoms with van der Waals surface area (Å²) in [6.07, 6.45) is 0.911. The zero-order valence-corrected chi connectivity index (χ0v) is 7.69. The van der Waals surface area contributed by atoms with E-state index in [-0.39, 0.29) is 5.75 Å². The second kappa shape index (κ2) is 6.49. The van der Waals surface area contributed by atoms with Crippen LogP contribution in [0.4, 0.5) is 0 Å². The molecule has 0 aromatic carbocycles. The molecule has 0 heterocycles. The van der Waals surface area contributed by atoms with E-state index in [2.05, 4.69) is 0 Å². The van der Waals surface area contributed by atoms with Crippen LogP contribution in [0.15, 0.2) is 0 Å². The highest BCUT2D eigenvalue weighted by atomic mass is 32.2. The molecule has 0 spiro atoms. The van der Waals surface area contributed by atoms with Crippen molar-refractivity contribution in [3.8, 4) is 0 Å². The molecule has 1 unspecified atom stereocenters. The van der Waals surface area contributed by atoms with Gasteiger partial charge in [-0.05, 0) is 6.42 Å². The van der Waals surface area contributed by atoms with E-state index in [9.17, 15) is 4.79 Å². The van der Waals surface area contributed by atoms with Gasteiger partial charge >= 0.3 is 5.97 Å². The van der Waals surface area contributed by atoms with Crippen LogP contribution in [0.3, 0.4) is 0 Å². The Hall–Kier alpha value is -0.220. The average molecular weight is 178 g/mol. The Morgan fingerprint density at radius 1 is 1.73 bits per heavy atom. The molecule has 0 radical (unpaired) electrons. The molecular weight excluding hydrogens is 164 g/mol. The number of ether oxygens (including phenoxy) is 1. The Morgan fingerprint density at radius 3 is 2.82 bits per heavy atom. The lowest BCUT2D eigenvalue weighted by atomic mass is 10.3. The smallest absolute Gasteiger partial charge is 0.313 e. The first kappa shape index (κ1) is 10.8. The van der Waals surface area contributed by atoms with Gasteiger partial charge in [-0.1, -0.05) is 6.92 Å².